The van der Waals surface area contributed by atoms with E-state index in [4.69, 9.17) is 5.26 Å². The van der Waals surface area contributed by atoms with Gasteiger partial charge in [0, 0.05) is 11.6 Å². The lowest BCUT2D eigenvalue weighted by Gasteiger charge is -1.98. The molecule has 1 aromatic rings. The average molecular weight is 165 g/mol. The van der Waals surface area contributed by atoms with Gasteiger partial charge in [-0.2, -0.15) is 5.26 Å². The zero-order valence-electron chi connectivity index (χ0n) is 6.14. The van der Waals surface area contributed by atoms with Crippen molar-refractivity contribution in [1.29, 1.82) is 5.26 Å². The van der Waals surface area contributed by atoms with Gasteiger partial charge in [-0.05, 0) is 6.07 Å². The second kappa shape index (κ2) is 3.14. The van der Waals surface area contributed by atoms with Gasteiger partial charge < -0.3 is 0 Å². The van der Waals surface area contributed by atoms with Crippen LogP contribution in [0, 0.1) is 23.0 Å². The molecule has 0 radical (unpaired) electrons. The number of nitrogens with zero attached hydrogens (tertiary/aromatic N) is 1. The van der Waals surface area contributed by atoms with Gasteiger partial charge in [0.05, 0.1) is 11.6 Å². The first-order valence-corrected chi connectivity index (χ1v) is 3.20. The topological polar surface area (TPSA) is 23.8 Å². The first kappa shape index (κ1) is 8.41. The highest BCUT2D eigenvalue weighted by molar-refractivity contribution is 5.57. The molecule has 0 saturated carbocycles. The van der Waals surface area contributed by atoms with E-state index in [1.165, 1.54) is 6.08 Å². The smallest absolute Gasteiger partial charge is 0.134 e. The predicted octanol–water partition coefficient (Wildman–Crippen LogP) is 2.48. The third-order valence-corrected chi connectivity index (χ3v) is 1.42. The number of halogens is 2. The molecule has 1 aromatic carbocycles. The summed E-state index contributed by atoms with van der Waals surface area (Å²) in [5, 5.41) is 8.47. The fourth-order valence-corrected chi connectivity index (χ4v) is 0.885. The molecule has 0 unspecified atom stereocenters. The third kappa shape index (κ3) is 1.32. The highest BCUT2D eigenvalue weighted by Gasteiger charge is 2.07. The molecular formula is C9H5F2N. The van der Waals surface area contributed by atoms with E-state index in [2.05, 4.69) is 6.58 Å². The molecule has 0 saturated heterocycles. The Morgan fingerprint density at radius 1 is 1.42 bits per heavy atom. The molecule has 0 heterocycles. The summed E-state index contributed by atoms with van der Waals surface area (Å²) in [4.78, 5) is 0. The first-order chi connectivity index (χ1) is 5.69. The Kier molecular flexibility index (Phi) is 2.20. The molecule has 0 N–H and O–H groups in total. The minimum Gasteiger partial charge on any atom is -0.207 e. The van der Waals surface area contributed by atoms with Crippen molar-refractivity contribution in [3.05, 3.63) is 41.5 Å². The van der Waals surface area contributed by atoms with Crippen molar-refractivity contribution in [1.82, 2.24) is 0 Å². The van der Waals surface area contributed by atoms with Gasteiger partial charge in [-0.25, -0.2) is 8.78 Å². The van der Waals surface area contributed by atoms with Gasteiger partial charge in [-0.15, -0.1) is 0 Å². The summed E-state index contributed by atoms with van der Waals surface area (Å²) >= 11 is 0. The van der Waals surface area contributed by atoms with Crippen molar-refractivity contribution in [2.75, 3.05) is 0 Å². The van der Waals surface area contributed by atoms with Gasteiger partial charge >= 0.3 is 0 Å². The lowest BCUT2D eigenvalue weighted by atomic mass is 10.1. The molecule has 0 aliphatic carbocycles. The SMILES string of the molecule is C=Cc1c(F)cc(F)cc1C#N. The van der Waals surface area contributed by atoms with Crippen molar-refractivity contribution >= 4 is 6.08 Å². The third-order valence-electron chi connectivity index (χ3n) is 1.42. The molecule has 60 valence electrons. The lowest BCUT2D eigenvalue weighted by Crippen LogP contribution is -1.90. The van der Waals surface area contributed by atoms with Crippen LogP contribution < -0.4 is 0 Å². The second-order valence-electron chi connectivity index (χ2n) is 2.16. The van der Waals surface area contributed by atoms with E-state index in [-0.39, 0.29) is 11.1 Å². The number of nitriles is 1. The summed E-state index contributed by atoms with van der Waals surface area (Å²) in [5.74, 6) is -1.52. The van der Waals surface area contributed by atoms with Crippen LogP contribution in [0.2, 0.25) is 0 Å². The van der Waals surface area contributed by atoms with Crippen molar-refractivity contribution < 1.29 is 8.78 Å². The van der Waals surface area contributed by atoms with Crippen LogP contribution >= 0.6 is 0 Å². The van der Waals surface area contributed by atoms with Crippen LogP contribution in [0.5, 0.6) is 0 Å². The van der Waals surface area contributed by atoms with Crippen LogP contribution in [0.1, 0.15) is 11.1 Å². The number of benzene rings is 1. The highest BCUT2D eigenvalue weighted by atomic mass is 19.1. The minimum atomic E-state index is -0.762. The van der Waals surface area contributed by atoms with Gasteiger partial charge in [0.1, 0.15) is 11.6 Å². The second-order valence-corrected chi connectivity index (χ2v) is 2.16. The summed E-state index contributed by atoms with van der Waals surface area (Å²) in [6, 6.07) is 3.37. The van der Waals surface area contributed by atoms with Crippen LogP contribution in [0.4, 0.5) is 8.78 Å². The van der Waals surface area contributed by atoms with Crippen LogP contribution in [0.15, 0.2) is 18.7 Å². The minimum absolute atomic E-state index is 0.0394. The van der Waals surface area contributed by atoms with Gasteiger partial charge in [0.25, 0.3) is 0 Å². The van der Waals surface area contributed by atoms with Gasteiger partial charge in [0.2, 0.25) is 0 Å². The van der Waals surface area contributed by atoms with E-state index in [9.17, 15) is 8.78 Å². The lowest BCUT2D eigenvalue weighted by molar-refractivity contribution is 0.581. The summed E-state index contributed by atoms with van der Waals surface area (Å²) in [5.41, 5.74) is 0.00130. The molecule has 0 aromatic heterocycles. The summed E-state index contributed by atoms with van der Waals surface area (Å²) in [7, 11) is 0. The molecule has 0 fully saturated rings. The normalized spacial score (nSPS) is 9.08. The summed E-state index contributed by atoms with van der Waals surface area (Å²) < 4.78 is 25.3. The Bertz CT molecular complexity index is 364. The Morgan fingerprint density at radius 3 is 2.58 bits per heavy atom. The molecule has 3 heteroatoms. The van der Waals surface area contributed by atoms with Crippen LogP contribution in [-0.2, 0) is 0 Å². The Morgan fingerprint density at radius 2 is 2.08 bits per heavy atom. The van der Waals surface area contributed by atoms with Crippen LogP contribution in [0.25, 0.3) is 6.08 Å². The van der Waals surface area contributed by atoms with E-state index < -0.39 is 11.6 Å². The van der Waals surface area contributed by atoms with Crippen molar-refractivity contribution in [3.63, 3.8) is 0 Å². The molecule has 1 nitrogen and oxygen atoms in total. The van der Waals surface area contributed by atoms with E-state index in [0.29, 0.717) is 0 Å². The molecule has 0 bridgehead atoms. The first-order valence-electron chi connectivity index (χ1n) is 3.20. The molecule has 0 amide bonds. The zero-order valence-corrected chi connectivity index (χ0v) is 6.14. The highest BCUT2D eigenvalue weighted by Crippen LogP contribution is 2.15. The zero-order chi connectivity index (χ0) is 9.14. The maximum atomic E-state index is 12.8. The van der Waals surface area contributed by atoms with Gasteiger partial charge in [0.15, 0.2) is 0 Å². The number of rotatable bonds is 1. The summed E-state index contributed by atoms with van der Waals surface area (Å²) in [6.45, 7) is 3.32. The van der Waals surface area contributed by atoms with Gasteiger partial charge in [-0.3, -0.25) is 0 Å². The molecular weight excluding hydrogens is 160 g/mol. The predicted molar refractivity (Wildman–Crippen MR) is 41.2 cm³/mol. The monoisotopic (exact) mass is 165 g/mol. The Hall–Kier alpha value is -1.69. The maximum Gasteiger partial charge on any atom is 0.134 e. The fraction of sp³-hybridized carbons (Fsp3) is 0. The van der Waals surface area contributed by atoms with Crippen LogP contribution in [0.3, 0.4) is 0 Å². The van der Waals surface area contributed by atoms with Crippen molar-refractivity contribution in [2.45, 2.75) is 0 Å². The Balaban J connectivity index is 3.46. The maximum absolute atomic E-state index is 12.8. The van der Waals surface area contributed by atoms with Crippen LogP contribution in [-0.4, -0.2) is 0 Å². The molecule has 1 rings (SSSR count). The average Bonchev–Trinajstić information content (AvgIpc) is 2.03. The molecule has 0 aliphatic heterocycles. The summed E-state index contributed by atoms with van der Waals surface area (Å²) in [6.07, 6.45) is 1.19. The van der Waals surface area contributed by atoms with E-state index >= 15 is 0 Å². The molecule has 0 aliphatic rings. The molecule has 12 heavy (non-hydrogen) atoms. The van der Waals surface area contributed by atoms with E-state index in [1.54, 1.807) is 6.07 Å². The van der Waals surface area contributed by atoms with E-state index in [0.717, 1.165) is 12.1 Å². The van der Waals surface area contributed by atoms with Crippen molar-refractivity contribution in [3.8, 4) is 6.07 Å². The molecule has 0 spiro atoms. The number of hydrogen-bond acceptors (Lipinski definition) is 1. The van der Waals surface area contributed by atoms with Gasteiger partial charge in [-0.1, -0.05) is 12.7 Å². The Labute approximate surface area is 68.6 Å². The van der Waals surface area contributed by atoms with Crippen molar-refractivity contribution in [2.24, 2.45) is 0 Å². The quantitative estimate of drug-likeness (QED) is 0.627. The fourth-order valence-electron chi connectivity index (χ4n) is 0.885. The standard InChI is InChI=1S/C9H5F2N/c1-2-8-6(5-12)3-7(10)4-9(8)11/h2-4H,1H2. The number of hydrogen-bond donors (Lipinski definition) is 0. The molecule has 0 atom stereocenters. The largest absolute Gasteiger partial charge is 0.207 e. The van der Waals surface area contributed by atoms with E-state index in [1.807, 2.05) is 0 Å².